The van der Waals surface area contributed by atoms with Crippen LogP contribution in [0.15, 0.2) is 12.4 Å². The SMILES string of the molecule is C[Si](C)(C)Cn1cc(C#N)cn1. The third kappa shape index (κ3) is 2.51. The minimum absolute atomic E-state index is 0.647. The molecule has 0 fully saturated rings. The number of hydrogen-bond donors (Lipinski definition) is 0. The molecule has 3 nitrogen and oxygen atoms in total. The summed E-state index contributed by atoms with van der Waals surface area (Å²) in [4.78, 5) is 0. The zero-order valence-electron chi connectivity index (χ0n) is 7.70. The number of rotatable bonds is 2. The van der Waals surface area contributed by atoms with Crippen LogP contribution in [0.2, 0.25) is 19.6 Å². The summed E-state index contributed by atoms with van der Waals surface area (Å²) in [5.41, 5.74) is 0.647. The Morgan fingerprint density at radius 1 is 1.58 bits per heavy atom. The summed E-state index contributed by atoms with van der Waals surface area (Å²) in [5, 5.41) is 12.7. The minimum Gasteiger partial charge on any atom is -0.274 e. The molecule has 0 aliphatic rings. The van der Waals surface area contributed by atoms with Gasteiger partial charge in [0.2, 0.25) is 0 Å². The van der Waals surface area contributed by atoms with Crippen molar-refractivity contribution < 1.29 is 0 Å². The van der Waals surface area contributed by atoms with Gasteiger partial charge in [-0.3, -0.25) is 4.68 Å². The van der Waals surface area contributed by atoms with Crippen LogP contribution in [0.4, 0.5) is 0 Å². The van der Waals surface area contributed by atoms with Crippen LogP contribution in [0.3, 0.4) is 0 Å². The van der Waals surface area contributed by atoms with Gasteiger partial charge in [-0.1, -0.05) is 19.6 Å². The second kappa shape index (κ2) is 3.11. The maximum Gasteiger partial charge on any atom is 0.102 e. The highest BCUT2D eigenvalue weighted by molar-refractivity contribution is 6.74. The first-order valence-corrected chi connectivity index (χ1v) is 7.64. The van der Waals surface area contributed by atoms with Gasteiger partial charge in [-0.05, 0) is 0 Å². The molecule has 4 heteroatoms. The minimum atomic E-state index is -1.11. The van der Waals surface area contributed by atoms with Crippen LogP contribution in [0.1, 0.15) is 5.56 Å². The Labute approximate surface area is 73.6 Å². The maximum atomic E-state index is 8.56. The Morgan fingerprint density at radius 2 is 2.25 bits per heavy atom. The lowest BCUT2D eigenvalue weighted by Gasteiger charge is -2.14. The first kappa shape index (κ1) is 9.01. The van der Waals surface area contributed by atoms with Gasteiger partial charge in [0, 0.05) is 12.4 Å². The van der Waals surface area contributed by atoms with E-state index >= 15 is 0 Å². The van der Waals surface area contributed by atoms with Crippen molar-refractivity contribution in [3.8, 4) is 6.07 Å². The van der Waals surface area contributed by atoms with Gasteiger partial charge in [-0.15, -0.1) is 0 Å². The molecular formula is C8H13N3Si. The molecule has 0 saturated carbocycles. The van der Waals surface area contributed by atoms with E-state index in [0.717, 1.165) is 6.17 Å². The van der Waals surface area contributed by atoms with Crippen LogP contribution in [0.25, 0.3) is 0 Å². The lowest BCUT2D eigenvalue weighted by molar-refractivity contribution is 0.725. The van der Waals surface area contributed by atoms with Crippen molar-refractivity contribution in [3.05, 3.63) is 18.0 Å². The Hall–Kier alpha value is -1.08. The Bertz CT molecular complexity index is 303. The summed E-state index contributed by atoms with van der Waals surface area (Å²) < 4.78 is 1.87. The van der Waals surface area contributed by atoms with Crippen molar-refractivity contribution in [3.63, 3.8) is 0 Å². The molecule has 12 heavy (non-hydrogen) atoms. The van der Waals surface area contributed by atoms with E-state index in [9.17, 15) is 0 Å². The van der Waals surface area contributed by atoms with Crippen LogP contribution in [0.5, 0.6) is 0 Å². The van der Waals surface area contributed by atoms with Crippen molar-refractivity contribution in [1.29, 1.82) is 5.26 Å². The zero-order valence-corrected chi connectivity index (χ0v) is 8.70. The zero-order chi connectivity index (χ0) is 9.19. The van der Waals surface area contributed by atoms with Crippen LogP contribution >= 0.6 is 0 Å². The Balaban J connectivity index is 2.72. The van der Waals surface area contributed by atoms with Gasteiger partial charge in [0.1, 0.15) is 6.07 Å². The standard InChI is InChI=1S/C8H13N3Si/c1-12(2,3)7-11-6-8(4-9)5-10-11/h5-6H,7H2,1-3H3. The first-order valence-electron chi connectivity index (χ1n) is 3.94. The highest BCUT2D eigenvalue weighted by Gasteiger charge is 2.14. The topological polar surface area (TPSA) is 41.6 Å². The summed E-state index contributed by atoms with van der Waals surface area (Å²) >= 11 is 0. The van der Waals surface area contributed by atoms with Crippen LogP contribution in [-0.4, -0.2) is 17.9 Å². The van der Waals surface area contributed by atoms with E-state index in [1.165, 1.54) is 0 Å². The molecule has 1 aromatic heterocycles. The molecule has 0 N–H and O–H groups in total. The Kier molecular flexibility index (Phi) is 2.34. The van der Waals surface area contributed by atoms with Crippen molar-refractivity contribution in [2.24, 2.45) is 0 Å². The molecular weight excluding hydrogens is 166 g/mol. The van der Waals surface area contributed by atoms with Crippen molar-refractivity contribution in [2.75, 3.05) is 0 Å². The summed E-state index contributed by atoms with van der Waals surface area (Å²) in [6.07, 6.45) is 4.40. The van der Waals surface area contributed by atoms with Crippen molar-refractivity contribution >= 4 is 8.07 Å². The maximum absolute atomic E-state index is 8.56. The molecule has 0 amide bonds. The molecule has 1 heterocycles. The summed E-state index contributed by atoms with van der Waals surface area (Å²) in [7, 11) is -1.11. The largest absolute Gasteiger partial charge is 0.274 e. The van der Waals surface area contributed by atoms with E-state index in [4.69, 9.17) is 5.26 Å². The van der Waals surface area contributed by atoms with Gasteiger partial charge < -0.3 is 0 Å². The van der Waals surface area contributed by atoms with Crippen molar-refractivity contribution in [1.82, 2.24) is 9.78 Å². The molecule has 0 aliphatic carbocycles. The molecule has 0 aliphatic heterocycles. The fourth-order valence-electron chi connectivity index (χ4n) is 0.994. The predicted octanol–water partition coefficient (Wildman–Crippen LogP) is 1.63. The van der Waals surface area contributed by atoms with E-state index < -0.39 is 8.07 Å². The lowest BCUT2D eigenvalue weighted by Crippen LogP contribution is -2.28. The molecule has 1 aromatic rings. The molecule has 1 rings (SSSR count). The van der Waals surface area contributed by atoms with Gasteiger partial charge in [-0.25, -0.2) is 0 Å². The van der Waals surface area contributed by atoms with Crippen LogP contribution in [-0.2, 0) is 6.17 Å². The second-order valence-electron chi connectivity index (χ2n) is 4.10. The first-order chi connectivity index (χ1) is 5.51. The van der Waals surface area contributed by atoms with Gasteiger partial charge >= 0.3 is 0 Å². The summed E-state index contributed by atoms with van der Waals surface area (Å²) in [6, 6.07) is 2.07. The molecule has 0 radical (unpaired) electrons. The van der Waals surface area contributed by atoms with E-state index in [-0.39, 0.29) is 0 Å². The molecule has 0 saturated heterocycles. The quantitative estimate of drug-likeness (QED) is 0.647. The fraction of sp³-hybridized carbons (Fsp3) is 0.500. The molecule has 64 valence electrons. The monoisotopic (exact) mass is 179 g/mol. The van der Waals surface area contributed by atoms with Gasteiger partial charge in [0.25, 0.3) is 0 Å². The van der Waals surface area contributed by atoms with E-state index in [2.05, 4.69) is 30.8 Å². The summed E-state index contributed by atoms with van der Waals surface area (Å²) in [6.45, 7) is 6.84. The normalized spacial score (nSPS) is 11.2. The van der Waals surface area contributed by atoms with Gasteiger partial charge in [0.15, 0.2) is 0 Å². The van der Waals surface area contributed by atoms with E-state index in [0.29, 0.717) is 5.56 Å². The number of hydrogen-bond acceptors (Lipinski definition) is 2. The highest BCUT2D eigenvalue weighted by Crippen LogP contribution is 2.04. The lowest BCUT2D eigenvalue weighted by atomic mass is 10.4. The smallest absolute Gasteiger partial charge is 0.102 e. The average Bonchev–Trinajstić information content (AvgIpc) is 2.32. The third-order valence-electron chi connectivity index (χ3n) is 1.40. The molecule has 0 unspecified atom stereocenters. The third-order valence-corrected chi connectivity index (χ3v) is 2.67. The highest BCUT2D eigenvalue weighted by atomic mass is 28.3. The summed E-state index contributed by atoms with van der Waals surface area (Å²) in [5.74, 6) is 0. The van der Waals surface area contributed by atoms with E-state index in [1.807, 2.05) is 4.68 Å². The number of nitriles is 1. The van der Waals surface area contributed by atoms with Crippen LogP contribution < -0.4 is 0 Å². The molecule has 0 bridgehead atoms. The van der Waals surface area contributed by atoms with Gasteiger partial charge in [0.05, 0.1) is 19.8 Å². The molecule has 0 spiro atoms. The average molecular weight is 179 g/mol. The Morgan fingerprint density at radius 3 is 2.67 bits per heavy atom. The number of aromatic nitrogens is 2. The molecule has 0 atom stereocenters. The van der Waals surface area contributed by atoms with E-state index in [1.54, 1.807) is 12.4 Å². The van der Waals surface area contributed by atoms with Gasteiger partial charge in [-0.2, -0.15) is 10.4 Å². The second-order valence-corrected chi connectivity index (χ2v) is 9.54. The predicted molar refractivity (Wildman–Crippen MR) is 50.3 cm³/mol. The fourth-order valence-corrected chi connectivity index (χ4v) is 2.14. The molecule has 0 aromatic carbocycles. The van der Waals surface area contributed by atoms with Crippen LogP contribution in [0, 0.1) is 11.3 Å². The number of nitrogens with zero attached hydrogens (tertiary/aromatic N) is 3. The van der Waals surface area contributed by atoms with Crippen molar-refractivity contribution in [2.45, 2.75) is 25.8 Å².